The number of nitrogens with two attached hydrogens (primary N) is 1. The minimum atomic E-state index is -0.243. The Morgan fingerprint density at radius 3 is 2.54 bits per heavy atom. The molecule has 0 aromatic heterocycles. The molecule has 0 saturated carbocycles. The Labute approximate surface area is 145 Å². The van der Waals surface area contributed by atoms with Crippen LogP contribution in [0.15, 0.2) is 0 Å². The standard InChI is InChI=1S/C18H33N3O3/c1-2-6-17(22)21-11-4-3-7-16(21)18(23)20-12-8-15(9-13-20)24-14-5-10-19/h15-16H,2-14,19H2,1H3. The van der Waals surface area contributed by atoms with E-state index in [4.69, 9.17) is 10.5 Å². The quantitative estimate of drug-likeness (QED) is 0.714. The highest BCUT2D eigenvalue weighted by molar-refractivity contribution is 5.88. The molecular formula is C18H33N3O3. The third-order valence-corrected chi connectivity index (χ3v) is 5.03. The van der Waals surface area contributed by atoms with Gasteiger partial charge in [-0.05, 0) is 51.5 Å². The van der Waals surface area contributed by atoms with E-state index in [1.807, 2.05) is 16.7 Å². The van der Waals surface area contributed by atoms with E-state index in [-0.39, 0.29) is 24.0 Å². The molecule has 0 radical (unpaired) electrons. The van der Waals surface area contributed by atoms with Crippen molar-refractivity contribution in [2.24, 2.45) is 5.73 Å². The zero-order valence-corrected chi connectivity index (χ0v) is 15.0. The zero-order valence-electron chi connectivity index (χ0n) is 15.0. The van der Waals surface area contributed by atoms with E-state index in [2.05, 4.69) is 0 Å². The molecule has 0 spiro atoms. The first-order chi connectivity index (χ1) is 11.7. The smallest absolute Gasteiger partial charge is 0.245 e. The Bertz CT molecular complexity index is 408. The Hall–Kier alpha value is -1.14. The predicted octanol–water partition coefficient (Wildman–Crippen LogP) is 1.52. The lowest BCUT2D eigenvalue weighted by Crippen LogP contribution is -2.54. The summed E-state index contributed by atoms with van der Waals surface area (Å²) in [5, 5.41) is 0. The van der Waals surface area contributed by atoms with Gasteiger partial charge in [-0.15, -0.1) is 0 Å². The largest absolute Gasteiger partial charge is 0.378 e. The van der Waals surface area contributed by atoms with E-state index in [1.165, 1.54) is 0 Å². The summed E-state index contributed by atoms with van der Waals surface area (Å²) in [4.78, 5) is 29.0. The minimum Gasteiger partial charge on any atom is -0.378 e. The Kier molecular flexibility index (Phi) is 7.99. The lowest BCUT2D eigenvalue weighted by atomic mass is 9.98. The maximum atomic E-state index is 12.9. The number of hydrogen-bond donors (Lipinski definition) is 1. The fraction of sp³-hybridized carbons (Fsp3) is 0.889. The van der Waals surface area contributed by atoms with E-state index >= 15 is 0 Å². The summed E-state index contributed by atoms with van der Waals surface area (Å²) in [6.07, 6.45) is 7.11. The molecule has 2 saturated heterocycles. The first kappa shape index (κ1) is 19.2. The summed E-state index contributed by atoms with van der Waals surface area (Å²) in [5.74, 6) is 0.273. The lowest BCUT2D eigenvalue weighted by Gasteiger charge is -2.40. The van der Waals surface area contributed by atoms with Gasteiger partial charge in [0.2, 0.25) is 11.8 Å². The number of rotatable bonds is 7. The van der Waals surface area contributed by atoms with Crippen LogP contribution >= 0.6 is 0 Å². The van der Waals surface area contributed by atoms with Gasteiger partial charge in [-0.3, -0.25) is 9.59 Å². The summed E-state index contributed by atoms with van der Waals surface area (Å²) in [5.41, 5.74) is 5.48. The molecule has 0 bridgehead atoms. The van der Waals surface area contributed by atoms with E-state index in [0.717, 1.165) is 64.6 Å². The molecule has 2 aliphatic heterocycles. The highest BCUT2D eigenvalue weighted by atomic mass is 16.5. The maximum absolute atomic E-state index is 12.9. The highest BCUT2D eigenvalue weighted by Crippen LogP contribution is 2.23. The van der Waals surface area contributed by atoms with Crippen LogP contribution in [-0.2, 0) is 14.3 Å². The van der Waals surface area contributed by atoms with Crippen LogP contribution < -0.4 is 5.73 Å². The monoisotopic (exact) mass is 339 g/mol. The average molecular weight is 339 g/mol. The molecule has 138 valence electrons. The summed E-state index contributed by atoms with van der Waals surface area (Å²) >= 11 is 0. The molecule has 0 aromatic carbocycles. The van der Waals surface area contributed by atoms with Gasteiger partial charge < -0.3 is 20.3 Å². The van der Waals surface area contributed by atoms with E-state index in [9.17, 15) is 9.59 Å². The number of piperidine rings is 2. The van der Waals surface area contributed by atoms with Crippen molar-refractivity contribution >= 4 is 11.8 Å². The minimum absolute atomic E-state index is 0.135. The SMILES string of the molecule is CCCC(=O)N1CCCCC1C(=O)N1CCC(OCCCN)CC1. The molecule has 6 heteroatoms. The van der Waals surface area contributed by atoms with Crippen LogP contribution in [0.1, 0.15) is 58.3 Å². The van der Waals surface area contributed by atoms with Gasteiger partial charge in [0.25, 0.3) is 0 Å². The van der Waals surface area contributed by atoms with Crippen molar-refractivity contribution in [3.8, 4) is 0 Å². The van der Waals surface area contributed by atoms with Crippen molar-refractivity contribution in [1.29, 1.82) is 0 Å². The molecule has 2 N–H and O–H groups in total. The molecule has 2 aliphatic rings. The first-order valence-electron chi connectivity index (χ1n) is 9.57. The first-order valence-corrected chi connectivity index (χ1v) is 9.57. The fourth-order valence-corrected chi connectivity index (χ4v) is 3.63. The number of carbonyl (C=O) groups excluding carboxylic acids is 2. The molecule has 6 nitrogen and oxygen atoms in total. The lowest BCUT2D eigenvalue weighted by molar-refractivity contribution is -0.149. The topological polar surface area (TPSA) is 75.9 Å². The summed E-state index contributed by atoms with van der Waals surface area (Å²) in [6.45, 7) is 5.57. The number of likely N-dealkylation sites (tertiary alicyclic amines) is 2. The number of ether oxygens (including phenoxy) is 1. The maximum Gasteiger partial charge on any atom is 0.245 e. The highest BCUT2D eigenvalue weighted by Gasteiger charge is 2.35. The molecule has 0 aliphatic carbocycles. The molecule has 0 aromatic rings. The Morgan fingerprint density at radius 2 is 1.88 bits per heavy atom. The van der Waals surface area contributed by atoms with Crippen molar-refractivity contribution in [3.63, 3.8) is 0 Å². The van der Waals surface area contributed by atoms with Crippen molar-refractivity contribution in [1.82, 2.24) is 9.80 Å². The summed E-state index contributed by atoms with van der Waals surface area (Å²) in [7, 11) is 0. The van der Waals surface area contributed by atoms with Crippen LogP contribution in [0, 0.1) is 0 Å². The fourth-order valence-electron chi connectivity index (χ4n) is 3.63. The van der Waals surface area contributed by atoms with Crippen molar-refractivity contribution in [3.05, 3.63) is 0 Å². The van der Waals surface area contributed by atoms with Crippen LogP contribution in [-0.4, -0.2) is 66.5 Å². The van der Waals surface area contributed by atoms with Crippen molar-refractivity contribution < 1.29 is 14.3 Å². The molecular weight excluding hydrogens is 306 g/mol. The van der Waals surface area contributed by atoms with Gasteiger partial charge in [0.05, 0.1) is 6.10 Å². The number of hydrogen-bond acceptors (Lipinski definition) is 4. The third kappa shape index (κ3) is 5.18. The number of amides is 2. The van der Waals surface area contributed by atoms with Crippen LogP contribution in [0.4, 0.5) is 0 Å². The molecule has 2 heterocycles. The Morgan fingerprint density at radius 1 is 1.12 bits per heavy atom. The molecule has 1 atom stereocenters. The predicted molar refractivity (Wildman–Crippen MR) is 93.5 cm³/mol. The average Bonchev–Trinajstić information content (AvgIpc) is 2.62. The second-order valence-electron chi connectivity index (χ2n) is 6.89. The second kappa shape index (κ2) is 9.99. The third-order valence-electron chi connectivity index (χ3n) is 5.03. The molecule has 2 rings (SSSR count). The zero-order chi connectivity index (χ0) is 17.4. The van der Waals surface area contributed by atoms with Crippen molar-refractivity contribution in [2.75, 3.05) is 32.8 Å². The molecule has 2 amide bonds. The van der Waals surface area contributed by atoms with E-state index in [1.54, 1.807) is 0 Å². The van der Waals surface area contributed by atoms with Gasteiger partial charge in [-0.1, -0.05) is 6.92 Å². The van der Waals surface area contributed by atoms with Gasteiger partial charge in [-0.2, -0.15) is 0 Å². The van der Waals surface area contributed by atoms with Gasteiger partial charge in [-0.25, -0.2) is 0 Å². The molecule has 24 heavy (non-hydrogen) atoms. The summed E-state index contributed by atoms with van der Waals surface area (Å²) < 4.78 is 5.81. The second-order valence-corrected chi connectivity index (χ2v) is 6.89. The molecule has 1 unspecified atom stereocenters. The van der Waals surface area contributed by atoms with Gasteiger partial charge in [0.15, 0.2) is 0 Å². The number of carbonyl (C=O) groups is 2. The summed E-state index contributed by atoms with van der Waals surface area (Å²) in [6, 6.07) is -0.243. The van der Waals surface area contributed by atoms with Crippen LogP contribution in [0.2, 0.25) is 0 Å². The normalized spacial score (nSPS) is 22.7. The van der Waals surface area contributed by atoms with Crippen molar-refractivity contribution in [2.45, 2.75) is 70.4 Å². The van der Waals surface area contributed by atoms with Gasteiger partial charge in [0.1, 0.15) is 6.04 Å². The Balaban J connectivity index is 1.85. The number of nitrogens with zero attached hydrogens (tertiary/aromatic N) is 2. The molecule has 2 fully saturated rings. The van der Waals surface area contributed by atoms with E-state index < -0.39 is 0 Å². The van der Waals surface area contributed by atoms with Gasteiger partial charge in [0, 0.05) is 32.7 Å². The van der Waals surface area contributed by atoms with Gasteiger partial charge >= 0.3 is 0 Å². The van der Waals surface area contributed by atoms with Crippen LogP contribution in [0.5, 0.6) is 0 Å². The van der Waals surface area contributed by atoms with E-state index in [0.29, 0.717) is 19.6 Å². The van der Waals surface area contributed by atoms with Crippen LogP contribution in [0.3, 0.4) is 0 Å². The van der Waals surface area contributed by atoms with Crippen LogP contribution in [0.25, 0.3) is 0 Å².